The number of nitrogens with two attached hydrogens (primary N) is 1. The molecule has 1 aromatic rings. The molecule has 0 fully saturated rings. The Bertz CT molecular complexity index is 298. The van der Waals surface area contributed by atoms with Crippen LogP contribution in [0.3, 0.4) is 0 Å². The molecule has 3 nitrogen and oxygen atoms in total. The van der Waals surface area contributed by atoms with Crippen LogP contribution >= 0.6 is 0 Å². The largest absolute Gasteiger partial charge is 0.467 e. The van der Waals surface area contributed by atoms with Crippen LogP contribution in [0.2, 0.25) is 0 Å². The van der Waals surface area contributed by atoms with Crippen LogP contribution in [-0.4, -0.2) is 18.3 Å². The number of furan rings is 1. The summed E-state index contributed by atoms with van der Waals surface area (Å²) in [5.74, 6) is 0.345. The Morgan fingerprint density at radius 2 is 2.19 bits per heavy atom. The number of hydrogen-bond acceptors (Lipinski definition) is 3. The first kappa shape index (κ1) is 13.1. The van der Waals surface area contributed by atoms with Crippen molar-refractivity contribution in [2.75, 3.05) is 0 Å². The van der Waals surface area contributed by atoms with Crippen molar-refractivity contribution < 1.29 is 22.3 Å². The summed E-state index contributed by atoms with van der Waals surface area (Å²) in [7, 11) is 0. The van der Waals surface area contributed by atoms with E-state index in [9.17, 15) is 13.2 Å². The molecule has 2 atom stereocenters. The minimum absolute atomic E-state index is 0.197. The molecule has 0 radical (unpaired) electrons. The van der Waals surface area contributed by atoms with E-state index in [1.807, 2.05) is 0 Å². The Labute approximate surface area is 91.4 Å². The first-order valence-electron chi connectivity index (χ1n) is 4.91. The van der Waals surface area contributed by atoms with Gasteiger partial charge in [-0.05, 0) is 18.6 Å². The highest BCUT2D eigenvalue weighted by molar-refractivity contribution is 4.96. The zero-order chi connectivity index (χ0) is 12.2. The quantitative estimate of drug-likeness (QED) is 0.855. The second kappa shape index (κ2) is 5.36. The van der Waals surface area contributed by atoms with Crippen LogP contribution < -0.4 is 5.73 Å². The first-order chi connectivity index (χ1) is 7.45. The summed E-state index contributed by atoms with van der Waals surface area (Å²) in [6.07, 6.45) is -4.84. The molecule has 0 aromatic carbocycles. The number of hydrogen-bond donors (Lipinski definition) is 1. The number of alkyl halides is 3. The molecule has 0 amide bonds. The zero-order valence-corrected chi connectivity index (χ0v) is 8.83. The summed E-state index contributed by atoms with van der Waals surface area (Å²) < 4.78 is 47.3. The van der Waals surface area contributed by atoms with Gasteiger partial charge in [-0.15, -0.1) is 0 Å². The number of halogens is 3. The normalized spacial score (nSPS) is 16.1. The van der Waals surface area contributed by atoms with Crippen molar-refractivity contribution in [3.05, 3.63) is 24.2 Å². The average Bonchev–Trinajstić information content (AvgIpc) is 2.68. The van der Waals surface area contributed by atoms with Gasteiger partial charge in [0.2, 0.25) is 0 Å². The third-order valence-electron chi connectivity index (χ3n) is 2.17. The van der Waals surface area contributed by atoms with Crippen LogP contribution in [0.15, 0.2) is 22.8 Å². The molecule has 1 aromatic heterocycles. The maximum atomic E-state index is 12.6. The highest BCUT2D eigenvalue weighted by Crippen LogP contribution is 2.26. The van der Waals surface area contributed by atoms with Gasteiger partial charge in [-0.25, -0.2) is 0 Å². The van der Waals surface area contributed by atoms with Crippen molar-refractivity contribution in [2.24, 2.45) is 5.73 Å². The smallest absolute Gasteiger partial charge is 0.416 e. The van der Waals surface area contributed by atoms with Crippen molar-refractivity contribution >= 4 is 0 Å². The van der Waals surface area contributed by atoms with E-state index in [-0.39, 0.29) is 13.0 Å². The third-order valence-corrected chi connectivity index (χ3v) is 2.17. The molecule has 0 saturated heterocycles. The van der Waals surface area contributed by atoms with E-state index in [4.69, 9.17) is 14.9 Å². The van der Waals surface area contributed by atoms with Crippen LogP contribution in [0, 0.1) is 0 Å². The Morgan fingerprint density at radius 1 is 1.50 bits per heavy atom. The fourth-order valence-corrected chi connectivity index (χ4v) is 1.24. The molecule has 2 unspecified atom stereocenters. The molecule has 0 aliphatic carbocycles. The summed E-state index contributed by atoms with van der Waals surface area (Å²) >= 11 is 0. The predicted octanol–water partition coefficient (Wildman–Crippen LogP) is 2.46. The van der Waals surface area contributed by atoms with Gasteiger partial charge in [0.25, 0.3) is 0 Å². The lowest BCUT2D eigenvalue weighted by Gasteiger charge is -2.25. The summed E-state index contributed by atoms with van der Waals surface area (Å²) in [5.41, 5.74) is 5.37. The van der Waals surface area contributed by atoms with E-state index in [0.29, 0.717) is 5.76 Å². The molecule has 6 heteroatoms. The predicted molar refractivity (Wildman–Crippen MR) is 51.6 cm³/mol. The molecule has 92 valence electrons. The van der Waals surface area contributed by atoms with Crippen molar-refractivity contribution in [1.82, 2.24) is 0 Å². The number of rotatable bonds is 5. The molecule has 1 heterocycles. The lowest BCUT2D eigenvalue weighted by atomic mass is 10.1. The Hall–Kier alpha value is -1.01. The van der Waals surface area contributed by atoms with E-state index in [1.54, 1.807) is 19.1 Å². The topological polar surface area (TPSA) is 48.4 Å². The average molecular weight is 237 g/mol. The lowest BCUT2D eigenvalue weighted by molar-refractivity contribution is -0.230. The molecule has 1 rings (SSSR count). The van der Waals surface area contributed by atoms with Crippen LogP contribution in [0.1, 0.15) is 19.1 Å². The molecule has 0 aliphatic rings. The highest BCUT2D eigenvalue weighted by atomic mass is 19.4. The molecule has 0 aliphatic heterocycles. The first-order valence-corrected chi connectivity index (χ1v) is 4.91. The molecule has 16 heavy (non-hydrogen) atoms. The maximum Gasteiger partial charge on any atom is 0.416 e. The van der Waals surface area contributed by atoms with E-state index < -0.39 is 18.3 Å². The van der Waals surface area contributed by atoms with Crippen LogP contribution in [0.4, 0.5) is 13.2 Å². The van der Waals surface area contributed by atoms with Crippen LogP contribution in [-0.2, 0) is 11.3 Å². The molecule has 2 N–H and O–H groups in total. The van der Waals surface area contributed by atoms with Gasteiger partial charge in [-0.1, -0.05) is 6.92 Å². The van der Waals surface area contributed by atoms with Gasteiger partial charge in [-0.2, -0.15) is 13.2 Å². The standard InChI is InChI=1S/C10H14F3NO2/c1-2-8(14)9(10(11,12)13)16-6-7-4-3-5-15-7/h3-5,8-9H,2,6,14H2,1H3. The van der Waals surface area contributed by atoms with Crippen molar-refractivity contribution in [3.8, 4) is 0 Å². The molecule has 0 bridgehead atoms. The van der Waals surface area contributed by atoms with Gasteiger partial charge in [-0.3, -0.25) is 0 Å². The Balaban J connectivity index is 2.57. The monoisotopic (exact) mass is 237 g/mol. The summed E-state index contributed by atoms with van der Waals surface area (Å²) in [6.45, 7) is 1.35. The minimum Gasteiger partial charge on any atom is -0.467 e. The SMILES string of the molecule is CCC(N)C(OCc1ccco1)C(F)(F)F. The molecule has 0 saturated carbocycles. The fourth-order valence-electron chi connectivity index (χ4n) is 1.24. The van der Waals surface area contributed by atoms with Crippen LogP contribution in [0.25, 0.3) is 0 Å². The van der Waals surface area contributed by atoms with Gasteiger partial charge < -0.3 is 14.9 Å². The molecular formula is C10H14F3NO2. The Morgan fingerprint density at radius 3 is 2.62 bits per heavy atom. The second-order valence-electron chi connectivity index (χ2n) is 3.42. The van der Waals surface area contributed by atoms with E-state index in [2.05, 4.69) is 0 Å². The van der Waals surface area contributed by atoms with E-state index >= 15 is 0 Å². The van der Waals surface area contributed by atoms with Gasteiger partial charge in [0, 0.05) is 6.04 Å². The number of ether oxygens (including phenoxy) is 1. The minimum atomic E-state index is -4.46. The summed E-state index contributed by atoms with van der Waals surface area (Å²) in [4.78, 5) is 0. The third kappa shape index (κ3) is 3.53. The maximum absolute atomic E-state index is 12.6. The zero-order valence-electron chi connectivity index (χ0n) is 8.83. The van der Waals surface area contributed by atoms with Gasteiger partial charge in [0.05, 0.1) is 6.26 Å². The van der Waals surface area contributed by atoms with Crippen molar-refractivity contribution in [1.29, 1.82) is 0 Å². The molecule has 0 spiro atoms. The van der Waals surface area contributed by atoms with Gasteiger partial charge in [0.1, 0.15) is 12.4 Å². The van der Waals surface area contributed by atoms with E-state index in [0.717, 1.165) is 0 Å². The molecular weight excluding hydrogens is 223 g/mol. The van der Waals surface area contributed by atoms with Gasteiger partial charge in [0.15, 0.2) is 6.10 Å². The van der Waals surface area contributed by atoms with E-state index in [1.165, 1.54) is 6.26 Å². The summed E-state index contributed by atoms with van der Waals surface area (Å²) in [6, 6.07) is 2.07. The Kier molecular flexibility index (Phi) is 4.37. The van der Waals surface area contributed by atoms with Crippen molar-refractivity contribution in [3.63, 3.8) is 0 Å². The fraction of sp³-hybridized carbons (Fsp3) is 0.600. The lowest BCUT2D eigenvalue weighted by Crippen LogP contribution is -2.46. The van der Waals surface area contributed by atoms with Crippen LogP contribution in [0.5, 0.6) is 0 Å². The highest BCUT2D eigenvalue weighted by Gasteiger charge is 2.44. The van der Waals surface area contributed by atoms with Crippen molar-refractivity contribution in [2.45, 2.75) is 38.3 Å². The second-order valence-corrected chi connectivity index (χ2v) is 3.42. The summed E-state index contributed by atoms with van der Waals surface area (Å²) in [5, 5.41) is 0. The van der Waals surface area contributed by atoms with Gasteiger partial charge >= 0.3 is 6.18 Å².